The monoisotopic (exact) mass is 168 g/mol. The van der Waals surface area contributed by atoms with E-state index in [1.165, 1.54) is 0 Å². The average Bonchev–Trinajstić information content (AvgIpc) is 1.60. The standard InChI is InChI=1S/C5H13NO3S/c1-6(2,3)4-5(7)10(8)9/h5,7H,4H2,1-3H3/p+1. The summed E-state index contributed by atoms with van der Waals surface area (Å²) >= 11 is -2.12. The predicted octanol–water partition coefficient (Wildman–Crippen LogP) is -0.767. The van der Waals surface area contributed by atoms with Crippen LogP contribution >= 0.6 is 0 Å². The number of nitrogens with zero attached hydrogens (tertiary/aromatic N) is 1. The zero-order valence-corrected chi connectivity index (χ0v) is 7.26. The third-order valence-corrected chi connectivity index (χ3v) is 1.55. The van der Waals surface area contributed by atoms with Gasteiger partial charge in [-0.15, -0.1) is 0 Å². The van der Waals surface area contributed by atoms with Crippen molar-refractivity contribution >= 4 is 11.1 Å². The number of quaternary nitrogens is 1. The highest BCUT2D eigenvalue weighted by Crippen LogP contribution is 1.96. The molecule has 0 amide bonds. The van der Waals surface area contributed by atoms with Gasteiger partial charge in [0.15, 0.2) is 11.1 Å². The van der Waals surface area contributed by atoms with Crippen LogP contribution in [-0.4, -0.2) is 51.5 Å². The molecule has 0 radical (unpaired) electrons. The summed E-state index contributed by atoms with van der Waals surface area (Å²) in [4.78, 5) is 0. The zero-order chi connectivity index (χ0) is 8.36. The number of hydrogen-bond acceptors (Lipinski definition) is 2. The van der Waals surface area contributed by atoms with Gasteiger partial charge in [-0.1, -0.05) is 0 Å². The molecule has 0 saturated carbocycles. The largest absolute Gasteiger partial charge is 0.373 e. The lowest BCUT2D eigenvalue weighted by molar-refractivity contribution is -0.871. The van der Waals surface area contributed by atoms with Crippen LogP contribution in [0.15, 0.2) is 0 Å². The van der Waals surface area contributed by atoms with Crippen LogP contribution < -0.4 is 0 Å². The van der Waals surface area contributed by atoms with Crippen LogP contribution in [0.4, 0.5) is 0 Å². The molecular formula is C5H14NO3S+. The van der Waals surface area contributed by atoms with E-state index in [-0.39, 0.29) is 6.54 Å². The molecule has 0 aliphatic carbocycles. The van der Waals surface area contributed by atoms with Crippen molar-refractivity contribution in [1.82, 2.24) is 0 Å². The van der Waals surface area contributed by atoms with E-state index in [0.717, 1.165) is 0 Å². The summed E-state index contributed by atoms with van der Waals surface area (Å²) in [5.41, 5.74) is -1.14. The normalized spacial score (nSPS) is 18.5. The summed E-state index contributed by atoms with van der Waals surface area (Å²) in [6.07, 6.45) is 0. The highest BCUT2D eigenvalue weighted by atomic mass is 32.2. The Balaban J connectivity index is 3.80. The van der Waals surface area contributed by atoms with Crippen LogP contribution in [0.5, 0.6) is 0 Å². The van der Waals surface area contributed by atoms with E-state index < -0.39 is 16.5 Å². The SMILES string of the molecule is C[N+](C)(C)CC(O)S(=O)O. The molecule has 5 heteroatoms. The van der Waals surface area contributed by atoms with Crippen LogP contribution in [0, 0.1) is 0 Å². The molecule has 10 heavy (non-hydrogen) atoms. The van der Waals surface area contributed by atoms with Gasteiger partial charge in [-0.05, 0) is 0 Å². The topological polar surface area (TPSA) is 57.5 Å². The van der Waals surface area contributed by atoms with E-state index in [4.69, 9.17) is 9.66 Å². The molecule has 62 valence electrons. The minimum absolute atomic E-state index is 0.281. The van der Waals surface area contributed by atoms with Crippen LogP contribution in [-0.2, 0) is 11.1 Å². The number of hydrogen-bond donors (Lipinski definition) is 2. The highest BCUT2D eigenvalue weighted by molar-refractivity contribution is 7.79. The van der Waals surface area contributed by atoms with Crippen LogP contribution in [0.25, 0.3) is 0 Å². The van der Waals surface area contributed by atoms with Crippen molar-refractivity contribution in [2.75, 3.05) is 27.7 Å². The zero-order valence-electron chi connectivity index (χ0n) is 6.44. The van der Waals surface area contributed by atoms with Crippen LogP contribution in [0.1, 0.15) is 0 Å². The number of rotatable bonds is 3. The molecule has 0 bridgehead atoms. The van der Waals surface area contributed by atoms with Gasteiger partial charge in [0.2, 0.25) is 5.44 Å². The average molecular weight is 168 g/mol. The molecule has 0 aromatic carbocycles. The fourth-order valence-corrected chi connectivity index (χ4v) is 1.11. The van der Waals surface area contributed by atoms with Gasteiger partial charge in [0.05, 0.1) is 21.1 Å². The lowest BCUT2D eigenvalue weighted by Gasteiger charge is -2.25. The minimum Gasteiger partial charge on any atom is -0.373 e. The Hall–Kier alpha value is 0.0300. The van der Waals surface area contributed by atoms with Crippen molar-refractivity contribution in [3.8, 4) is 0 Å². The number of likely N-dealkylation sites (N-methyl/N-ethyl adjacent to an activating group) is 1. The van der Waals surface area contributed by atoms with Crippen molar-refractivity contribution in [2.45, 2.75) is 5.44 Å². The minimum atomic E-state index is -2.12. The predicted molar refractivity (Wildman–Crippen MR) is 39.7 cm³/mol. The van der Waals surface area contributed by atoms with Crippen LogP contribution in [0.3, 0.4) is 0 Å². The van der Waals surface area contributed by atoms with E-state index in [1.54, 1.807) is 0 Å². The first-order valence-corrected chi connectivity index (χ1v) is 4.08. The Kier molecular flexibility index (Phi) is 3.44. The molecule has 2 unspecified atom stereocenters. The van der Waals surface area contributed by atoms with Gasteiger partial charge in [0.1, 0.15) is 6.54 Å². The maximum Gasteiger partial charge on any atom is 0.204 e. The summed E-state index contributed by atoms with van der Waals surface area (Å²) in [6, 6.07) is 0. The fraction of sp³-hybridized carbons (Fsp3) is 1.00. The molecule has 0 aromatic rings. The van der Waals surface area contributed by atoms with Crippen molar-refractivity contribution in [2.24, 2.45) is 0 Å². The summed E-state index contributed by atoms with van der Waals surface area (Å²) in [5, 5.41) is 8.90. The van der Waals surface area contributed by atoms with E-state index >= 15 is 0 Å². The molecule has 0 spiro atoms. The van der Waals surface area contributed by atoms with E-state index in [1.807, 2.05) is 21.1 Å². The van der Waals surface area contributed by atoms with Gasteiger partial charge in [-0.2, -0.15) is 0 Å². The first-order chi connectivity index (χ1) is 4.33. The van der Waals surface area contributed by atoms with Gasteiger partial charge in [0.25, 0.3) is 0 Å². The molecule has 0 aliphatic heterocycles. The first kappa shape index (κ1) is 10.0. The fourth-order valence-electron chi connectivity index (χ4n) is 0.532. The number of aliphatic hydroxyl groups excluding tert-OH is 1. The molecule has 2 N–H and O–H groups in total. The maximum atomic E-state index is 10.2. The van der Waals surface area contributed by atoms with Crippen molar-refractivity contribution in [1.29, 1.82) is 0 Å². The maximum absolute atomic E-state index is 10.2. The Morgan fingerprint density at radius 2 is 1.90 bits per heavy atom. The quantitative estimate of drug-likeness (QED) is 0.430. The molecule has 2 atom stereocenters. The van der Waals surface area contributed by atoms with Gasteiger partial charge in [-0.3, -0.25) is 0 Å². The molecule has 0 aliphatic rings. The molecule has 4 nitrogen and oxygen atoms in total. The second-order valence-corrected chi connectivity index (χ2v) is 4.30. The second kappa shape index (κ2) is 3.43. The molecule has 0 rings (SSSR count). The molecule has 0 saturated heterocycles. The van der Waals surface area contributed by atoms with E-state index in [0.29, 0.717) is 4.48 Å². The Labute approximate surface area is 63.3 Å². The lowest BCUT2D eigenvalue weighted by Crippen LogP contribution is -2.42. The Bertz CT molecular complexity index is 131. The van der Waals surface area contributed by atoms with Gasteiger partial charge in [-0.25, -0.2) is 4.21 Å². The van der Waals surface area contributed by atoms with Gasteiger partial charge < -0.3 is 14.1 Å². The second-order valence-electron chi connectivity index (χ2n) is 3.20. The van der Waals surface area contributed by atoms with Gasteiger partial charge in [0, 0.05) is 0 Å². The smallest absolute Gasteiger partial charge is 0.204 e. The summed E-state index contributed by atoms with van der Waals surface area (Å²) < 4.78 is 19.1. The van der Waals surface area contributed by atoms with Crippen molar-refractivity contribution in [3.05, 3.63) is 0 Å². The highest BCUT2D eigenvalue weighted by Gasteiger charge is 2.19. The third kappa shape index (κ3) is 4.87. The molecule has 0 fully saturated rings. The van der Waals surface area contributed by atoms with E-state index in [9.17, 15) is 4.21 Å². The summed E-state index contributed by atoms with van der Waals surface area (Å²) in [5.74, 6) is 0. The van der Waals surface area contributed by atoms with E-state index in [2.05, 4.69) is 0 Å². The van der Waals surface area contributed by atoms with Crippen LogP contribution in [0.2, 0.25) is 0 Å². The summed E-state index contributed by atoms with van der Waals surface area (Å²) in [6.45, 7) is 0.281. The van der Waals surface area contributed by atoms with Crippen molar-refractivity contribution < 1.29 is 18.4 Å². The molecular weight excluding hydrogens is 154 g/mol. The Morgan fingerprint density at radius 3 is 2.00 bits per heavy atom. The lowest BCUT2D eigenvalue weighted by atomic mass is 10.5. The first-order valence-electron chi connectivity index (χ1n) is 2.91. The summed E-state index contributed by atoms with van der Waals surface area (Å²) in [7, 11) is 5.53. The van der Waals surface area contributed by atoms with Gasteiger partial charge >= 0.3 is 0 Å². The Morgan fingerprint density at radius 1 is 1.50 bits per heavy atom. The molecule has 0 aromatic heterocycles. The number of aliphatic hydroxyl groups is 1. The van der Waals surface area contributed by atoms with Crippen molar-refractivity contribution in [3.63, 3.8) is 0 Å². The molecule has 0 heterocycles. The third-order valence-electron chi connectivity index (χ3n) is 0.937.